The number of hydrogen-bond acceptors (Lipinski definition) is 4. The molecule has 0 saturated carbocycles. The van der Waals surface area contributed by atoms with Crippen LogP contribution in [-0.4, -0.2) is 11.1 Å². The molecule has 0 fully saturated rings. The van der Waals surface area contributed by atoms with Crippen LogP contribution in [0, 0.1) is 0 Å². The van der Waals surface area contributed by atoms with Gasteiger partial charge in [0.05, 0.1) is 6.20 Å². The number of alkyl halides is 1. The quantitative estimate of drug-likeness (QED) is 0.512. The van der Waals surface area contributed by atoms with Gasteiger partial charge in [0.2, 0.25) is 0 Å². The molecular formula is C8H6ClNO3. The third-order valence-electron chi connectivity index (χ3n) is 1.78. The van der Waals surface area contributed by atoms with E-state index in [0.29, 0.717) is 11.6 Å². The molecule has 0 bridgehead atoms. The van der Waals surface area contributed by atoms with Gasteiger partial charge in [-0.2, -0.15) is 0 Å². The molecule has 2 rings (SSSR count). The van der Waals surface area contributed by atoms with E-state index in [-0.39, 0.29) is 6.61 Å². The maximum atomic E-state index is 10.7. The Morgan fingerprint density at radius 1 is 1.54 bits per heavy atom. The average Bonchev–Trinajstić information content (AvgIpc) is 2.16. The molecule has 13 heavy (non-hydrogen) atoms. The second kappa shape index (κ2) is 3.22. The third-order valence-corrected chi connectivity index (χ3v) is 2.07. The predicted molar refractivity (Wildman–Crippen MR) is 44.6 cm³/mol. The van der Waals surface area contributed by atoms with Crippen LogP contribution in [0.25, 0.3) is 0 Å². The first-order valence-electron chi connectivity index (χ1n) is 3.67. The van der Waals surface area contributed by atoms with Crippen molar-refractivity contribution in [2.75, 3.05) is 0 Å². The van der Waals surface area contributed by atoms with Gasteiger partial charge in [0.1, 0.15) is 6.61 Å². The fourth-order valence-electron chi connectivity index (χ4n) is 1.13. The van der Waals surface area contributed by atoms with E-state index in [1.807, 2.05) is 0 Å². The SMILES string of the molecule is O=C1OCc2c(CCl)cncc2O1. The number of hydrogen-bond donors (Lipinski definition) is 0. The van der Waals surface area contributed by atoms with Gasteiger partial charge in [-0.15, -0.1) is 11.6 Å². The number of pyridine rings is 1. The second-order valence-corrected chi connectivity index (χ2v) is 2.82. The van der Waals surface area contributed by atoms with Crippen molar-refractivity contribution in [3.8, 4) is 5.75 Å². The summed E-state index contributed by atoms with van der Waals surface area (Å²) in [6.07, 6.45) is 2.42. The first-order chi connectivity index (χ1) is 6.31. The summed E-state index contributed by atoms with van der Waals surface area (Å²) in [6, 6.07) is 0. The molecular weight excluding hydrogens is 194 g/mol. The molecule has 2 heterocycles. The summed E-state index contributed by atoms with van der Waals surface area (Å²) in [5.41, 5.74) is 1.62. The summed E-state index contributed by atoms with van der Waals surface area (Å²) < 4.78 is 9.49. The number of fused-ring (bicyclic) bond motifs is 1. The highest BCUT2D eigenvalue weighted by molar-refractivity contribution is 6.17. The number of halogens is 1. The molecule has 0 N–H and O–H groups in total. The Labute approximate surface area is 79.4 Å². The minimum Gasteiger partial charge on any atom is -0.429 e. The Bertz CT molecular complexity index is 353. The largest absolute Gasteiger partial charge is 0.514 e. The van der Waals surface area contributed by atoms with Gasteiger partial charge in [-0.05, 0) is 5.56 Å². The van der Waals surface area contributed by atoms with Gasteiger partial charge in [0, 0.05) is 17.6 Å². The van der Waals surface area contributed by atoms with Crippen LogP contribution in [0.2, 0.25) is 0 Å². The zero-order valence-corrected chi connectivity index (χ0v) is 7.37. The number of rotatable bonds is 1. The molecule has 0 unspecified atom stereocenters. The number of aromatic nitrogens is 1. The van der Waals surface area contributed by atoms with Crippen molar-refractivity contribution in [1.82, 2.24) is 4.98 Å². The summed E-state index contributed by atoms with van der Waals surface area (Å²) >= 11 is 5.66. The van der Waals surface area contributed by atoms with Gasteiger partial charge in [-0.25, -0.2) is 4.79 Å². The highest BCUT2D eigenvalue weighted by Crippen LogP contribution is 2.26. The number of nitrogens with zero attached hydrogens (tertiary/aromatic N) is 1. The molecule has 0 spiro atoms. The number of carbonyl (C=O) groups excluding carboxylic acids is 1. The molecule has 68 valence electrons. The lowest BCUT2D eigenvalue weighted by atomic mass is 10.1. The first-order valence-corrected chi connectivity index (χ1v) is 4.21. The Morgan fingerprint density at radius 2 is 2.38 bits per heavy atom. The van der Waals surface area contributed by atoms with Gasteiger partial charge in [0.15, 0.2) is 5.75 Å². The van der Waals surface area contributed by atoms with E-state index in [9.17, 15) is 4.79 Å². The minimum absolute atomic E-state index is 0.207. The van der Waals surface area contributed by atoms with Crippen molar-refractivity contribution in [3.63, 3.8) is 0 Å². The van der Waals surface area contributed by atoms with Crippen LogP contribution in [-0.2, 0) is 17.2 Å². The number of cyclic esters (lactones) is 1. The Balaban J connectivity index is 2.45. The standard InChI is InChI=1S/C8H6ClNO3/c9-1-5-2-10-3-7-6(5)4-12-8(11)13-7/h2-3H,1,4H2. The van der Waals surface area contributed by atoms with Gasteiger partial charge in [-0.1, -0.05) is 0 Å². The first kappa shape index (κ1) is 8.31. The van der Waals surface area contributed by atoms with Gasteiger partial charge in [0.25, 0.3) is 0 Å². The zero-order valence-electron chi connectivity index (χ0n) is 6.62. The summed E-state index contributed by atoms with van der Waals surface area (Å²) in [6.45, 7) is 0.207. The Morgan fingerprint density at radius 3 is 3.15 bits per heavy atom. The Hall–Kier alpha value is -1.29. The van der Waals surface area contributed by atoms with Crippen LogP contribution in [0.5, 0.6) is 5.75 Å². The molecule has 0 atom stereocenters. The van der Waals surface area contributed by atoms with E-state index in [1.165, 1.54) is 6.20 Å². The van der Waals surface area contributed by atoms with E-state index in [2.05, 4.69) is 4.98 Å². The van der Waals surface area contributed by atoms with Crippen molar-refractivity contribution >= 4 is 17.8 Å². The number of ether oxygens (including phenoxy) is 2. The summed E-state index contributed by atoms with van der Waals surface area (Å²) in [7, 11) is 0. The van der Waals surface area contributed by atoms with Crippen molar-refractivity contribution in [3.05, 3.63) is 23.5 Å². The smallest absolute Gasteiger partial charge is 0.429 e. The average molecular weight is 200 g/mol. The highest BCUT2D eigenvalue weighted by Gasteiger charge is 2.20. The lowest BCUT2D eigenvalue weighted by Crippen LogP contribution is -2.18. The van der Waals surface area contributed by atoms with Crippen LogP contribution in [0.4, 0.5) is 4.79 Å². The molecule has 0 amide bonds. The van der Waals surface area contributed by atoms with Crippen molar-refractivity contribution in [2.24, 2.45) is 0 Å². The topological polar surface area (TPSA) is 48.4 Å². The van der Waals surface area contributed by atoms with Crippen LogP contribution in [0.15, 0.2) is 12.4 Å². The molecule has 0 saturated heterocycles. The van der Waals surface area contributed by atoms with E-state index in [4.69, 9.17) is 21.1 Å². The van der Waals surface area contributed by atoms with Crippen molar-refractivity contribution in [2.45, 2.75) is 12.5 Å². The summed E-state index contributed by atoms with van der Waals surface area (Å²) in [5, 5.41) is 0. The Kier molecular flexibility index (Phi) is 2.06. The molecule has 4 nitrogen and oxygen atoms in total. The van der Waals surface area contributed by atoms with Gasteiger partial charge >= 0.3 is 6.16 Å². The van der Waals surface area contributed by atoms with Gasteiger partial charge < -0.3 is 9.47 Å². The van der Waals surface area contributed by atoms with E-state index in [0.717, 1.165) is 11.1 Å². The molecule has 1 aromatic rings. The molecule has 1 aromatic heterocycles. The summed E-state index contributed by atoms with van der Waals surface area (Å²) in [4.78, 5) is 14.6. The normalized spacial score (nSPS) is 14.4. The van der Waals surface area contributed by atoms with Crippen molar-refractivity contribution < 1.29 is 14.3 Å². The predicted octanol–water partition coefficient (Wildman–Crippen LogP) is 1.85. The fraction of sp³-hybridized carbons (Fsp3) is 0.250. The fourth-order valence-corrected chi connectivity index (χ4v) is 1.36. The maximum Gasteiger partial charge on any atom is 0.514 e. The second-order valence-electron chi connectivity index (χ2n) is 2.55. The van der Waals surface area contributed by atoms with E-state index < -0.39 is 6.16 Å². The van der Waals surface area contributed by atoms with Crippen LogP contribution >= 0.6 is 11.6 Å². The molecule has 0 aromatic carbocycles. The van der Waals surface area contributed by atoms with E-state index >= 15 is 0 Å². The number of carbonyl (C=O) groups is 1. The van der Waals surface area contributed by atoms with Crippen molar-refractivity contribution in [1.29, 1.82) is 0 Å². The molecule has 1 aliphatic rings. The molecule has 1 aliphatic heterocycles. The zero-order chi connectivity index (χ0) is 9.26. The third kappa shape index (κ3) is 1.45. The lowest BCUT2D eigenvalue weighted by molar-refractivity contribution is 0.0779. The minimum atomic E-state index is -0.693. The molecule has 0 radical (unpaired) electrons. The van der Waals surface area contributed by atoms with Gasteiger partial charge in [-0.3, -0.25) is 4.98 Å². The summed E-state index contributed by atoms with van der Waals surface area (Å²) in [5.74, 6) is 0.770. The van der Waals surface area contributed by atoms with Crippen LogP contribution in [0.3, 0.4) is 0 Å². The highest BCUT2D eigenvalue weighted by atomic mass is 35.5. The maximum absolute atomic E-state index is 10.7. The molecule has 5 heteroatoms. The monoisotopic (exact) mass is 199 g/mol. The lowest BCUT2D eigenvalue weighted by Gasteiger charge is -2.17. The van der Waals surface area contributed by atoms with Crippen LogP contribution in [0.1, 0.15) is 11.1 Å². The molecule has 0 aliphatic carbocycles. The van der Waals surface area contributed by atoms with E-state index in [1.54, 1.807) is 6.20 Å². The van der Waals surface area contributed by atoms with Crippen LogP contribution < -0.4 is 4.74 Å².